The Morgan fingerprint density at radius 1 is 1.30 bits per heavy atom. The molecule has 0 radical (unpaired) electrons. The molecule has 120 valence electrons. The number of ether oxygens (including phenoxy) is 1. The minimum absolute atomic E-state index is 0.245. The lowest BCUT2D eigenvalue weighted by atomic mass is 9.99. The number of hydrogen-bond donors (Lipinski definition) is 1. The Kier molecular flexibility index (Phi) is 3.65. The van der Waals surface area contributed by atoms with Crippen molar-refractivity contribution in [2.45, 2.75) is 13.3 Å². The van der Waals surface area contributed by atoms with Crippen molar-refractivity contribution in [3.63, 3.8) is 0 Å². The molecular formula is C15H13NO7. The van der Waals surface area contributed by atoms with Gasteiger partial charge in [0.2, 0.25) is 0 Å². The quantitative estimate of drug-likeness (QED) is 0.839. The first kappa shape index (κ1) is 14.9. The molecule has 0 atom stereocenters. The third-order valence-corrected chi connectivity index (χ3v) is 3.46. The van der Waals surface area contributed by atoms with Crippen LogP contribution < -0.4 is 10.7 Å². The van der Waals surface area contributed by atoms with E-state index in [1.54, 1.807) is 23.2 Å². The molecule has 0 unspecified atom stereocenters. The summed E-state index contributed by atoms with van der Waals surface area (Å²) in [6, 6.07) is 3.31. The number of carboxylic acid groups (broad SMARTS) is 1. The van der Waals surface area contributed by atoms with Crippen molar-refractivity contribution in [1.82, 2.24) is 0 Å². The molecular weight excluding hydrogens is 306 g/mol. The van der Waals surface area contributed by atoms with Crippen LogP contribution >= 0.6 is 0 Å². The molecule has 1 aromatic carbocycles. The van der Waals surface area contributed by atoms with Gasteiger partial charge in [-0.05, 0) is 18.6 Å². The zero-order chi connectivity index (χ0) is 16.6. The number of anilines is 1. The van der Waals surface area contributed by atoms with Crippen LogP contribution in [-0.2, 0) is 20.7 Å². The first-order valence-electron chi connectivity index (χ1n) is 6.90. The maximum absolute atomic E-state index is 12.0. The number of esters is 1. The molecule has 1 aliphatic rings. The molecule has 8 nitrogen and oxygen atoms in total. The predicted molar refractivity (Wildman–Crippen MR) is 78.2 cm³/mol. The number of aliphatic carboxylic acids is 1. The summed E-state index contributed by atoms with van der Waals surface area (Å²) < 4.78 is 14.6. The minimum Gasteiger partial charge on any atom is -0.479 e. The molecule has 2 aromatic rings. The molecule has 0 fully saturated rings. The van der Waals surface area contributed by atoms with Gasteiger partial charge in [-0.3, -0.25) is 0 Å². The molecule has 3 rings (SSSR count). The predicted octanol–water partition coefficient (Wildman–Crippen LogP) is 1.28. The molecule has 8 heteroatoms. The maximum atomic E-state index is 12.0. The van der Waals surface area contributed by atoms with E-state index in [9.17, 15) is 14.4 Å². The molecule has 0 amide bonds. The van der Waals surface area contributed by atoms with Gasteiger partial charge in [0.15, 0.2) is 17.8 Å². The average Bonchev–Trinajstić information content (AvgIpc) is 2.88. The number of rotatable bonds is 4. The molecule has 0 saturated carbocycles. The highest BCUT2D eigenvalue weighted by Gasteiger charge is 2.24. The lowest BCUT2D eigenvalue weighted by molar-refractivity contribution is -0.152. The van der Waals surface area contributed by atoms with E-state index in [2.05, 4.69) is 0 Å². The first-order valence-corrected chi connectivity index (χ1v) is 6.90. The van der Waals surface area contributed by atoms with E-state index in [-0.39, 0.29) is 6.42 Å². The van der Waals surface area contributed by atoms with Crippen molar-refractivity contribution < 1.29 is 28.3 Å². The number of carbonyl (C=O) groups is 2. The topological polar surface area (TPSA) is 110 Å². The largest absolute Gasteiger partial charge is 0.519 e. The van der Waals surface area contributed by atoms with E-state index in [0.29, 0.717) is 23.3 Å². The second-order valence-corrected chi connectivity index (χ2v) is 4.97. The summed E-state index contributed by atoms with van der Waals surface area (Å²) in [6.45, 7) is 1.77. The SMILES string of the molecule is CCN1C=C(C(=O)OCC(=O)O)Cc2cc3oc(=O)oc3cc21. The van der Waals surface area contributed by atoms with Gasteiger partial charge in [0.1, 0.15) is 0 Å². The number of carboxylic acids is 1. The van der Waals surface area contributed by atoms with Gasteiger partial charge in [0.25, 0.3) is 0 Å². The van der Waals surface area contributed by atoms with Crippen LogP contribution in [0, 0.1) is 0 Å². The fourth-order valence-electron chi connectivity index (χ4n) is 2.48. The van der Waals surface area contributed by atoms with Crippen LogP contribution in [-0.4, -0.2) is 30.2 Å². The number of fused-ring (bicyclic) bond motifs is 2. The van der Waals surface area contributed by atoms with Gasteiger partial charge in [0, 0.05) is 30.9 Å². The lowest BCUT2D eigenvalue weighted by Gasteiger charge is -2.27. The molecule has 1 aromatic heterocycles. The standard InChI is InChI=1S/C15H13NO7/c1-2-16-6-9(14(19)21-7-13(17)18)3-8-4-11-12(5-10(8)16)23-15(20)22-11/h4-6H,2-3,7H2,1H3,(H,17,18). The molecule has 0 saturated heterocycles. The number of benzene rings is 1. The molecule has 1 N–H and O–H groups in total. The zero-order valence-corrected chi connectivity index (χ0v) is 12.2. The summed E-state index contributed by atoms with van der Waals surface area (Å²) in [5, 5.41) is 8.58. The summed E-state index contributed by atoms with van der Waals surface area (Å²) in [4.78, 5) is 35.4. The maximum Gasteiger partial charge on any atom is 0.519 e. The van der Waals surface area contributed by atoms with Crippen LogP contribution in [0.2, 0.25) is 0 Å². The number of hydrogen-bond acceptors (Lipinski definition) is 7. The minimum atomic E-state index is -1.22. The van der Waals surface area contributed by atoms with Crippen molar-refractivity contribution in [3.05, 3.63) is 40.1 Å². The van der Waals surface area contributed by atoms with E-state index in [1.807, 2.05) is 6.92 Å². The third kappa shape index (κ3) is 2.83. The van der Waals surface area contributed by atoms with E-state index in [4.69, 9.17) is 18.7 Å². The lowest BCUT2D eigenvalue weighted by Crippen LogP contribution is -2.26. The van der Waals surface area contributed by atoms with Crippen LogP contribution in [0.4, 0.5) is 5.69 Å². The van der Waals surface area contributed by atoms with Gasteiger partial charge < -0.3 is 23.6 Å². The molecule has 0 aliphatic carbocycles. The Morgan fingerprint density at radius 2 is 2.00 bits per heavy atom. The van der Waals surface area contributed by atoms with Gasteiger partial charge in [-0.15, -0.1) is 0 Å². The van der Waals surface area contributed by atoms with Crippen LogP contribution in [0.1, 0.15) is 12.5 Å². The first-order chi connectivity index (χ1) is 11.0. The Balaban J connectivity index is 1.95. The highest BCUT2D eigenvalue weighted by molar-refractivity contribution is 5.93. The molecule has 23 heavy (non-hydrogen) atoms. The molecule has 0 spiro atoms. The van der Waals surface area contributed by atoms with Crippen LogP contribution in [0.5, 0.6) is 0 Å². The van der Waals surface area contributed by atoms with Crippen molar-refractivity contribution in [2.75, 3.05) is 18.1 Å². The Labute approximate surface area is 129 Å². The van der Waals surface area contributed by atoms with E-state index in [1.165, 1.54) is 0 Å². The van der Waals surface area contributed by atoms with Crippen LogP contribution in [0.3, 0.4) is 0 Å². The molecule has 0 bridgehead atoms. The summed E-state index contributed by atoms with van der Waals surface area (Å²) in [6.07, 6.45) is 1.85. The Morgan fingerprint density at radius 3 is 2.65 bits per heavy atom. The highest BCUT2D eigenvalue weighted by atomic mass is 16.6. The van der Waals surface area contributed by atoms with Crippen molar-refractivity contribution in [3.8, 4) is 0 Å². The van der Waals surface area contributed by atoms with E-state index < -0.39 is 24.4 Å². The summed E-state index contributed by atoms with van der Waals surface area (Å²) in [5.41, 5.74) is 2.50. The van der Waals surface area contributed by atoms with Crippen LogP contribution in [0.25, 0.3) is 11.2 Å². The Bertz CT molecular complexity index is 874. The fraction of sp³-hybridized carbons (Fsp3) is 0.267. The third-order valence-electron chi connectivity index (χ3n) is 3.46. The zero-order valence-electron chi connectivity index (χ0n) is 12.2. The van der Waals surface area contributed by atoms with Gasteiger partial charge in [0.05, 0.1) is 5.57 Å². The van der Waals surface area contributed by atoms with Crippen molar-refractivity contribution in [2.24, 2.45) is 0 Å². The average molecular weight is 319 g/mol. The van der Waals surface area contributed by atoms with Gasteiger partial charge in [-0.2, -0.15) is 0 Å². The summed E-state index contributed by atoms with van der Waals surface area (Å²) in [5.74, 6) is -2.70. The van der Waals surface area contributed by atoms with Crippen LogP contribution in [0.15, 0.2) is 37.5 Å². The second kappa shape index (κ2) is 5.64. The number of carbonyl (C=O) groups excluding carboxylic acids is 1. The van der Waals surface area contributed by atoms with E-state index in [0.717, 1.165) is 11.3 Å². The van der Waals surface area contributed by atoms with Crippen molar-refractivity contribution >= 4 is 28.8 Å². The van der Waals surface area contributed by atoms with Crippen molar-refractivity contribution in [1.29, 1.82) is 0 Å². The molecule has 1 aliphatic heterocycles. The van der Waals surface area contributed by atoms with Gasteiger partial charge in [-0.1, -0.05) is 0 Å². The summed E-state index contributed by atoms with van der Waals surface area (Å²) in [7, 11) is 0. The number of nitrogens with zero attached hydrogens (tertiary/aromatic N) is 1. The van der Waals surface area contributed by atoms with E-state index >= 15 is 0 Å². The normalized spacial score (nSPS) is 13.6. The summed E-state index contributed by atoms with van der Waals surface area (Å²) >= 11 is 0. The fourth-order valence-corrected chi connectivity index (χ4v) is 2.48. The monoisotopic (exact) mass is 319 g/mol. The smallest absolute Gasteiger partial charge is 0.479 e. The highest BCUT2D eigenvalue weighted by Crippen LogP contribution is 2.33. The molecule has 2 heterocycles. The Hall–Kier alpha value is -3.03. The van der Waals surface area contributed by atoms with Gasteiger partial charge >= 0.3 is 17.8 Å². The van der Waals surface area contributed by atoms with Gasteiger partial charge in [-0.25, -0.2) is 14.4 Å². The second-order valence-electron chi connectivity index (χ2n) is 4.97.